The van der Waals surface area contributed by atoms with Crippen molar-refractivity contribution in [2.24, 2.45) is 0 Å². The molecule has 3 rings (SSSR count). The number of aliphatic hydroxyl groups is 1. The molecule has 0 radical (unpaired) electrons. The van der Waals surface area contributed by atoms with Gasteiger partial charge in [0.15, 0.2) is 0 Å². The van der Waals surface area contributed by atoms with Crippen LogP contribution >= 0.6 is 0 Å². The van der Waals surface area contributed by atoms with Crippen LogP contribution in [0.1, 0.15) is 29.2 Å². The molecule has 2 unspecified atom stereocenters. The third kappa shape index (κ3) is 2.51. The molecule has 2 nitrogen and oxygen atoms in total. The molecule has 1 aromatic carbocycles. The fraction of sp³-hybridized carbons (Fsp3) is 0.312. The van der Waals surface area contributed by atoms with Crippen LogP contribution in [-0.4, -0.2) is 16.2 Å². The molecule has 0 amide bonds. The number of aromatic nitrogens is 1. The largest absolute Gasteiger partial charge is 0.392 e. The Hall–Kier alpha value is -1.74. The Balaban J connectivity index is 1.77. The molecule has 0 saturated carbocycles. The van der Waals surface area contributed by atoms with Crippen LogP contribution in [-0.2, 0) is 12.8 Å². The van der Waals surface area contributed by atoms with Gasteiger partial charge < -0.3 is 5.11 Å². The molecule has 1 aromatic heterocycles. The highest BCUT2D eigenvalue weighted by Gasteiger charge is 2.29. The zero-order chi connectivity index (χ0) is 13.2. The summed E-state index contributed by atoms with van der Waals surface area (Å²) < 4.78 is 13.1. The van der Waals surface area contributed by atoms with E-state index in [9.17, 15) is 9.50 Å². The molecule has 1 heterocycles. The second-order valence-electron chi connectivity index (χ2n) is 5.09. The molecule has 0 fully saturated rings. The lowest BCUT2D eigenvalue weighted by atomic mass is 9.94. The van der Waals surface area contributed by atoms with Crippen molar-refractivity contribution < 1.29 is 9.50 Å². The molecule has 3 heteroatoms. The first-order valence-corrected chi connectivity index (χ1v) is 6.60. The van der Waals surface area contributed by atoms with Crippen molar-refractivity contribution in [3.63, 3.8) is 0 Å². The van der Waals surface area contributed by atoms with E-state index in [1.165, 1.54) is 17.7 Å². The Morgan fingerprint density at radius 1 is 1.32 bits per heavy atom. The SMILES string of the molecule is OC(Cc1cccc(F)c1)C1CCc2cccnc21. The number of hydrogen-bond acceptors (Lipinski definition) is 2. The van der Waals surface area contributed by atoms with E-state index < -0.39 is 6.10 Å². The number of rotatable bonds is 3. The van der Waals surface area contributed by atoms with Gasteiger partial charge in [-0.15, -0.1) is 0 Å². The van der Waals surface area contributed by atoms with Gasteiger partial charge >= 0.3 is 0 Å². The molecular weight excluding hydrogens is 241 g/mol. The Kier molecular flexibility index (Phi) is 3.30. The van der Waals surface area contributed by atoms with Gasteiger partial charge in [-0.05, 0) is 48.6 Å². The lowest BCUT2D eigenvalue weighted by molar-refractivity contribution is 0.141. The number of benzene rings is 1. The van der Waals surface area contributed by atoms with Crippen LogP contribution < -0.4 is 0 Å². The molecule has 0 spiro atoms. The van der Waals surface area contributed by atoms with Gasteiger partial charge in [0.05, 0.1) is 6.10 Å². The van der Waals surface area contributed by atoms with Crippen LogP contribution in [0, 0.1) is 5.82 Å². The smallest absolute Gasteiger partial charge is 0.123 e. The van der Waals surface area contributed by atoms with Crippen molar-refractivity contribution in [2.75, 3.05) is 0 Å². The highest BCUT2D eigenvalue weighted by Crippen LogP contribution is 2.34. The highest BCUT2D eigenvalue weighted by atomic mass is 19.1. The van der Waals surface area contributed by atoms with E-state index in [0.717, 1.165) is 24.1 Å². The summed E-state index contributed by atoms with van der Waals surface area (Å²) in [5.74, 6) is -0.186. The van der Waals surface area contributed by atoms with E-state index in [-0.39, 0.29) is 11.7 Å². The second kappa shape index (κ2) is 5.10. The van der Waals surface area contributed by atoms with Gasteiger partial charge in [-0.3, -0.25) is 4.98 Å². The Morgan fingerprint density at radius 2 is 2.21 bits per heavy atom. The van der Waals surface area contributed by atoms with Crippen LogP contribution in [0.4, 0.5) is 4.39 Å². The van der Waals surface area contributed by atoms with Gasteiger partial charge in [-0.25, -0.2) is 4.39 Å². The van der Waals surface area contributed by atoms with Gasteiger partial charge in [0, 0.05) is 17.8 Å². The van der Waals surface area contributed by atoms with Crippen LogP contribution in [0.3, 0.4) is 0 Å². The lowest BCUT2D eigenvalue weighted by Gasteiger charge is -2.18. The molecular formula is C16H16FNO. The van der Waals surface area contributed by atoms with E-state index in [1.807, 2.05) is 12.1 Å². The first kappa shape index (κ1) is 12.3. The van der Waals surface area contributed by atoms with Crippen LogP contribution in [0.15, 0.2) is 42.6 Å². The lowest BCUT2D eigenvalue weighted by Crippen LogP contribution is -2.20. The summed E-state index contributed by atoms with van der Waals surface area (Å²) in [4.78, 5) is 4.39. The van der Waals surface area contributed by atoms with Crippen molar-refractivity contribution >= 4 is 0 Å². The van der Waals surface area contributed by atoms with Crippen molar-refractivity contribution in [2.45, 2.75) is 31.3 Å². The average Bonchev–Trinajstić information content (AvgIpc) is 2.82. The fourth-order valence-electron chi connectivity index (χ4n) is 2.87. The molecule has 98 valence electrons. The summed E-state index contributed by atoms with van der Waals surface area (Å²) >= 11 is 0. The van der Waals surface area contributed by atoms with E-state index in [0.29, 0.717) is 6.42 Å². The van der Waals surface area contributed by atoms with Gasteiger partial charge in [0.1, 0.15) is 5.82 Å². The summed E-state index contributed by atoms with van der Waals surface area (Å²) in [5, 5.41) is 10.4. The number of aryl methyl sites for hydroxylation is 1. The normalized spacial score (nSPS) is 19.2. The maximum Gasteiger partial charge on any atom is 0.123 e. The molecule has 0 saturated heterocycles. The van der Waals surface area contributed by atoms with Crippen LogP contribution in [0.5, 0.6) is 0 Å². The maximum absolute atomic E-state index is 13.1. The van der Waals surface area contributed by atoms with Gasteiger partial charge in [0.25, 0.3) is 0 Å². The molecule has 1 aliphatic carbocycles. The quantitative estimate of drug-likeness (QED) is 0.917. The summed E-state index contributed by atoms with van der Waals surface area (Å²) in [6.07, 6.45) is 3.62. The minimum Gasteiger partial charge on any atom is -0.392 e. The predicted octanol–water partition coefficient (Wildman–Crippen LogP) is 2.85. The Bertz CT molecular complexity index is 584. The van der Waals surface area contributed by atoms with Gasteiger partial charge in [-0.2, -0.15) is 0 Å². The van der Waals surface area contributed by atoms with Crippen molar-refractivity contribution in [3.8, 4) is 0 Å². The number of pyridine rings is 1. The maximum atomic E-state index is 13.1. The number of fused-ring (bicyclic) bond motifs is 1. The summed E-state index contributed by atoms with van der Waals surface area (Å²) in [5.41, 5.74) is 3.06. The third-order valence-corrected chi connectivity index (χ3v) is 3.80. The molecule has 0 bridgehead atoms. The first-order valence-electron chi connectivity index (χ1n) is 6.60. The van der Waals surface area contributed by atoms with E-state index >= 15 is 0 Å². The van der Waals surface area contributed by atoms with Gasteiger partial charge in [0.2, 0.25) is 0 Å². The summed E-state index contributed by atoms with van der Waals surface area (Å²) in [7, 11) is 0. The molecule has 2 aromatic rings. The minimum absolute atomic E-state index is 0.0690. The minimum atomic E-state index is -0.502. The summed E-state index contributed by atoms with van der Waals surface area (Å²) in [6, 6.07) is 10.4. The topological polar surface area (TPSA) is 33.1 Å². The molecule has 1 aliphatic rings. The third-order valence-electron chi connectivity index (χ3n) is 3.80. The standard InChI is InChI=1S/C16H16FNO/c17-13-5-1-3-11(9-13)10-15(19)14-7-6-12-4-2-8-18-16(12)14/h1-5,8-9,14-15,19H,6-7,10H2. The van der Waals surface area contributed by atoms with Crippen molar-refractivity contribution in [1.82, 2.24) is 4.98 Å². The van der Waals surface area contributed by atoms with E-state index in [1.54, 1.807) is 12.3 Å². The van der Waals surface area contributed by atoms with Crippen LogP contribution in [0.2, 0.25) is 0 Å². The second-order valence-corrected chi connectivity index (χ2v) is 5.09. The van der Waals surface area contributed by atoms with E-state index in [4.69, 9.17) is 0 Å². The van der Waals surface area contributed by atoms with E-state index in [2.05, 4.69) is 11.1 Å². The zero-order valence-electron chi connectivity index (χ0n) is 10.6. The highest BCUT2D eigenvalue weighted by molar-refractivity contribution is 5.30. The molecule has 0 aliphatic heterocycles. The monoisotopic (exact) mass is 257 g/mol. The molecule has 1 N–H and O–H groups in total. The fourth-order valence-corrected chi connectivity index (χ4v) is 2.87. The number of nitrogens with zero attached hydrogens (tertiary/aromatic N) is 1. The molecule has 19 heavy (non-hydrogen) atoms. The first-order chi connectivity index (χ1) is 9.24. The van der Waals surface area contributed by atoms with Crippen molar-refractivity contribution in [3.05, 3.63) is 65.2 Å². The Morgan fingerprint density at radius 3 is 3.05 bits per heavy atom. The zero-order valence-corrected chi connectivity index (χ0v) is 10.6. The van der Waals surface area contributed by atoms with Crippen molar-refractivity contribution in [1.29, 1.82) is 0 Å². The number of hydrogen-bond donors (Lipinski definition) is 1. The van der Waals surface area contributed by atoms with Crippen LogP contribution in [0.25, 0.3) is 0 Å². The average molecular weight is 257 g/mol. The number of halogens is 1. The molecule has 2 atom stereocenters. The Labute approximate surface area is 111 Å². The summed E-state index contributed by atoms with van der Waals surface area (Å²) in [6.45, 7) is 0. The number of aliphatic hydroxyl groups excluding tert-OH is 1. The predicted molar refractivity (Wildman–Crippen MR) is 71.4 cm³/mol. The van der Waals surface area contributed by atoms with Gasteiger partial charge in [-0.1, -0.05) is 18.2 Å².